The Kier molecular flexibility index (Phi) is 4.38. The minimum atomic E-state index is -4.85. The summed E-state index contributed by atoms with van der Waals surface area (Å²) in [4.78, 5) is 11.3. The summed E-state index contributed by atoms with van der Waals surface area (Å²) in [6, 6.07) is 2.92. The van der Waals surface area contributed by atoms with E-state index in [-0.39, 0.29) is 16.7 Å². The van der Waals surface area contributed by atoms with Crippen molar-refractivity contribution in [2.24, 2.45) is 0 Å². The Morgan fingerprint density at radius 1 is 1.22 bits per heavy atom. The van der Waals surface area contributed by atoms with Crippen LogP contribution in [0.25, 0.3) is 0 Å². The molecule has 5 heteroatoms. The predicted molar refractivity (Wildman–Crippen MR) is 62.1 cm³/mol. The Labute approximate surface area is 104 Å². The highest BCUT2D eigenvalue weighted by molar-refractivity contribution is 6.02. The number of benzene rings is 1. The van der Waals surface area contributed by atoms with E-state index in [1.165, 1.54) is 26.0 Å². The predicted octanol–water partition coefficient (Wildman–Crippen LogP) is 3.84. The Hall–Kier alpha value is -1.52. The maximum atomic E-state index is 12.4. The van der Waals surface area contributed by atoms with Gasteiger partial charge in [0.2, 0.25) is 0 Å². The highest BCUT2D eigenvalue weighted by atomic mass is 19.4. The fraction of sp³-hybridized carbons (Fsp3) is 0.462. The highest BCUT2D eigenvalue weighted by Gasteiger charge is 2.40. The summed E-state index contributed by atoms with van der Waals surface area (Å²) in [5.41, 5.74) is 0.276. The first-order chi connectivity index (χ1) is 8.27. The van der Waals surface area contributed by atoms with Gasteiger partial charge in [-0.2, -0.15) is 13.2 Å². The molecule has 18 heavy (non-hydrogen) atoms. The normalized spacial score (nSPS) is 11.4. The molecule has 0 aliphatic carbocycles. The first-order valence-corrected chi connectivity index (χ1v) is 5.63. The second-order valence-corrected chi connectivity index (χ2v) is 4.11. The van der Waals surface area contributed by atoms with Gasteiger partial charge in [0.25, 0.3) is 5.78 Å². The molecule has 0 aromatic heterocycles. The quantitative estimate of drug-likeness (QED) is 0.769. The molecule has 1 aromatic carbocycles. The van der Waals surface area contributed by atoms with Crippen molar-refractivity contribution in [1.82, 2.24) is 0 Å². The maximum absolute atomic E-state index is 12.4. The van der Waals surface area contributed by atoms with Gasteiger partial charge >= 0.3 is 6.18 Å². The molecule has 0 aliphatic heterocycles. The van der Waals surface area contributed by atoms with Gasteiger partial charge in [0, 0.05) is 5.56 Å². The Bertz CT molecular complexity index is 427. The van der Waals surface area contributed by atoms with Crippen LogP contribution in [0.5, 0.6) is 5.75 Å². The van der Waals surface area contributed by atoms with Crippen LogP contribution in [0.4, 0.5) is 13.2 Å². The maximum Gasteiger partial charge on any atom is 0.454 e. The number of carbonyl (C=O) groups excluding carboxylic acids is 1. The Morgan fingerprint density at radius 2 is 1.72 bits per heavy atom. The molecular weight excluding hydrogens is 245 g/mol. The van der Waals surface area contributed by atoms with Gasteiger partial charge in [-0.05, 0) is 43.5 Å². The molecule has 0 N–H and O–H groups in total. The number of Topliss-reactive ketones (excluding diaryl/α,β-unsaturated/α-hetero) is 1. The number of alkyl halides is 3. The van der Waals surface area contributed by atoms with Crippen LogP contribution in [-0.2, 0) is 0 Å². The molecule has 0 spiro atoms. The molecule has 0 amide bonds. The van der Waals surface area contributed by atoms with E-state index >= 15 is 0 Å². The van der Waals surface area contributed by atoms with Crippen LogP contribution >= 0.6 is 0 Å². The van der Waals surface area contributed by atoms with Crippen LogP contribution in [-0.4, -0.2) is 18.6 Å². The van der Waals surface area contributed by atoms with E-state index in [0.717, 1.165) is 6.42 Å². The van der Waals surface area contributed by atoms with Crippen molar-refractivity contribution in [3.05, 3.63) is 28.8 Å². The summed E-state index contributed by atoms with van der Waals surface area (Å²) in [5.74, 6) is -1.31. The van der Waals surface area contributed by atoms with Crippen molar-refractivity contribution in [1.29, 1.82) is 0 Å². The summed E-state index contributed by atoms with van der Waals surface area (Å²) in [5, 5.41) is 0. The molecule has 1 aromatic rings. The molecule has 1 rings (SSSR count). The number of rotatable bonds is 4. The zero-order chi connectivity index (χ0) is 13.9. The third kappa shape index (κ3) is 3.24. The summed E-state index contributed by atoms with van der Waals surface area (Å²) < 4.78 is 42.6. The minimum absolute atomic E-state index is 0.281. The third-order valence-electron chi connectivity index (χ3n) is 2.46. The number of ketones is 1. The molecule has 0 unspecified atom stereocenters. The summed E-state index contributed by atoms with van der Waals surface area (Å²) in [6.45, 7) is 5.38. The van der Waals surface area contributed by atoms with Crippen LogP contribution in [0.1, 0.15) is 34.8 Å². The smallest absolute Gasteiger partial charge is 0.454 e. The molecule has 0 fully saturated rings. The lowest BCUT2D eigenvalue weighted by molar-refractivity contribution is -0.0886. The van der Waals surface area contributed by atoms with Gasteiger partial charge < -0.3 is 4.74 Å². The summed E-state index contributed by atoms with van der Waals surface area (Å²) >= 11 is 0. The van der Waals surface area contributed by atoms with Crippen molar-refractivity contribution in [2.45, 2.75) is 33.4 Å². The average Bonchev–Trinajstić information content (AvgIpc) is 2.24. The van der Waals surface area contributed by atoms with Gasteiger partial charge in [-0.15, -0.1) is 0 Å². The van der Waals surface area contributed by atoms with Gasteiger partial charge in [-0.1, -0.05) is 6.92 Å². The standard InChI is InChI=1S/C13H15F3O2/c1-4-5-18-10-6-8(2)11(9(3)7-10)12(17)13(14,15)16/h6-7H,4-5H2,1-3H3. The van der Waals surface area contributed by atoms with E-state index in [1.54, 1.807) is 0 Å². The van der Waals surface area contributed by atoms with Crippen molar-refractivity contribution in [2.75, 3.05) is 6.61 Å². The lowest BCUT2D eigenvalue weighted by Gasteiger charge is -2.13. The largest absolute Gasteiger partial charge is 0.494 e. The van der Waals surface area contributed by atoms with Gasteiger partial charge in [0.15, 0.2) is 0 Å². The lowest BCUT2D eigenvalue weighted by atomic mass is 9.98. The van der Waals surface area contributed by atoms with Crippen molar-refractivity contribution < 1.29 is 22.7 Å². The van der Waals surface area contributed by atoms with Crippen LogP contribution in [0.15, 0.2) is 12.1 Å². The van der Waals surface area contributed by atoms with Crippen LogP contribution in [0.3, 0.4) is 0 Å². The van der Waals surface area contributed by atoms with Crippen LogP contribution < -0.4 is 4.74 Å². The van der Waals surface area contributed by atoms with E-state index in [2.05, 4.69) is 0 Å². The highest BCUT2D eigenvalue weighted by Crippen LogP contribution is 2.28. The van der Waals surface area contributed by atoms with Crippen molar-refractivity contribution >= 4 is 5.78 Å². The number of halogens is 3. The topological polar surface area (TPSA) is 26.3 Å². The zero-order valence-corrected chi connectivity index (χ0v) is 10.5. The molecule has 0 atom stereocenters. The summed E-state index contributed by atoms with van der Waals surface area (Å²) in [7, 11) is 0. The first-order valence-electron chi connectivity index (χ1n) is 5.63. The number of hydrogen-bond donors (Lipinski definition) is 0. The van der Waals surface area contributed by atoms with Crippen molar-refractivity contribution in [3.8, 4) is 5.75 Å². The van der Waals surface area contributed by atoms with E-state index in [9.17, 15) is 18.0 Å². The third-order valence-corrected chi connectivity index (χ3v) is 2.46. The van der Waals surface area contributed by atoms with Gasteiger partial charge in [0.1, 0.15) is 5.75 Å². The second kappa shape index (κ2) is 5.42. The van der Waals surface area contributed by atoms with Crippen LogP contribution in [0.2, 0.25) is 0 Å². The van der Waals surface area contributed by atoms with Crippen LogP contribution in [0, 0.1) is 13.8 Å². The fourth-order valence-electron chi connectivity index (χ4n) is 1.73. The van der Waals surface area contributed by atoms with Crippen molar-refractivity contribution in [3.63, 3.8) is 0 Å². The minimum Gasteiger partial charge on any atom is -0.494 e. The molecular formula is C13H15F3O2. The van der Waals surface area contributed by atoms with E-state index in [1.807, 2.05) is 6.92 Å². The Morgan fingerprint density at radius 3 is 2.11 bits per heavy atom. The van der Waals surface area contributed by atoms with E-state index in [0.29, 0.717) is 12.4 Å². The zero-order valence-electron chi connectivity index (χ0n) is 10.5. The van der Waals surface area contributed by atoms with Gasteiger partial charge in [-0.25, -0.2) is 0 Å². The lowest BCUT2D eigenvalue weighted by Crippen LogP contribution is -2.24. The molecule has 0 heterocycles. The fourth-order valence-corrected chi connectivity index (χ4v) is 1.73. The molecule has 0 saturated carbocycles. The molecule has 0 saturated heterocycles. The number of hydrogen-bond acceptors (Lipinski definition) is 2. The summed E-state index contributed by atoms with van der Waals surface area (Å²) in [6.07, 6.45) is -4.04. The molecule has 0 radical (unpaired) electrons. The monoisotopic (exact) mass is 260 g/mol. The van der Waals surface area contributed by atoms with E-state index < -0.39 is 12.0 Å². The molecule has 100 valence electrons. The first kappa shape index (κ1) is 14.5. The number of carbonyl (C=O) groups is 1. The van der Waals surface area contributed by atoms with Gasteiger partial charge in [0.05, 0.1) is 6.61 Å². The van der Waals surface area contributed by atoms with E-state index in [4.69, 9.17) is 4.74 Å². The number of ether oxygens (including phenoxy) is 1. The SMILES string of the molecule is CCCOc1cc(C)c(C(=O)C(F)(F)F)c(C)c1. The number of aryl methyl sites for hydroxylation is 2. The second-order valence-electron chi connectivity index (χ2n) is 4.11. The Balaban J connectivity index is 3.13. The molecule has 0 aliphatic rings. The van der Waals surface area contributed by atoms with Gasteiger partial charge in [-0.3, -0.25) is 4.79 Å². The molecule has 2 nitrogen and oxygen atoms in total. The molecule has 0 bridgehead atoms. The average molecular weight is 260 g/mol.